The second-order valence-corrected chi connectivity index (χ2v) is 6.77. The average molecular weight is 371 g/mol. The van der Waals surface area contributed by atoms with E-state index in [9.17, 15) is 10.1 Å². The van der Waals surface area contributed by atoms with Crippen LogP contribution in [0.15, 0.2) is 84.9 Å². The lowest BCUT2D eigenvalue weighted by molar-refractivity contribution is -0.384. The number of nitro benzene ring substituents is 1. The van der Waals surface area contributed by atoms with Crippen molar-refractivity contribution >= 4 is 11.4 Å². The third kappa shape index (κ3) is 2.71. The van der Waals surface area contributed by atoms with E-state index in [-0.39, 0.29) is 11.7 Å². The zero-order chi connectivity index (χ0) is 19.1. The monoisotopic (exact) mass is 371 g/mol. The van der Waals surface area contributed by atoms with Crippen LogP contribution >= 0.6 is 0 Å². The number of nitro groups is 1. The topological polar surface area (TPSA) is 67.6 Å². The smallest absolute Gasteiger partial charge is 0.269 e. The summed E-state index contributed by atoms with van der Waals surface area (Å²) in [5, 5.41) is 13.0. The van der Waals surface area contributed by atoms with E-state index in [4.69, 9.17) is 4.74 Å². The maximum atomic E-state index is 11.0. The van der Waals surface area contributed by atoms with Gasteiger partial charge >= 0.3 is 0 Å². The normalized spacial score (nSPS) is 20.4. The molecule has 6 heteroatoms. The van der Waals surface area contributed by atoms with Gasteiger partial charge in [0.15, 0.2) is 6.23 Å². The Bertz CT molecular complexity index is 1060. The van der Waals surface area contributed by atoms with Crippen LogP contribution in [0.1, 0.15) is 29.0 Å². The number of benzene rings is 3. The third-order valence-electron chi connectivity index (χ3n) is 5.08. The van der Waals surface area contributed by atoms with Crippen molar-refractivity contribution in [2.75, 3.05) is 0 Å². The second kappa shape index (κ2) is 6.51. The summed E-state index contributed by atoms with van der Waals surface area (Å²) < 4.78 is 6.28. The molecule has 3 aromatic rings. The van der Waals surface area contributed by atoms with E-state index in [0.29, 0.717) is 0 Å². The van der Waals surface area contributed by atoms with Gasteiger partial charge in [0.1, 0.15) is 5.75 Å². The molecule has 28 heavy (non-hydrogen) atoms. The van der Waals surface area contributed by atoms with Gasteiger partial charge in [0.2, 0.25) is 0 Å². The molecule has 3 aromatic carbocycles. The fraction of sp³-hybridized carbons (Fsp3) is 0.0909. The molecule has 2 aliphatic heterocycles. The molecule has 0 aliphatic carbocycles. The van der Waals surface area contributed by atoms with Gasteiger partial charge in [0.25, 0.3) is 5.69 Å². The minimum absolute atomic E-state index is 0.000322. The first-order chi connectivity index (χ1) is 13.7. The van der Waals surface area contributed by atoms with Crippen LogP contribution in [0.2, 0.25) is 0 Å². The zero-order valence-corrected chi connectivity index (χ0v) is 14.9. The maximum absolute atomic E-state index is 11.0. The number of nitrogens with zero attached hydrogens (tertiary/aromatic N) is 2. The molecule has 0 saturated carbocycles. The number of ether oxygens (including phenoxy) is 1. The Kier molecular flexibility index (Phi) is 3.84. The van der Waals surface area contributed by atoms with Crippen LogP contribution in [-0.2, 0) is 0 Å². The maximum Gasteiger partial charge on any atom is 0.269 e. The highest BCUT2D eigenvalue weighted by Gasteiger charge is 2.40. The summed E-state index contributed by atoms with van der Waals surface area (Å²) in [6.07, 6.45) is 1.79. The van der Waals surface area contributed by atoms with Crippen LogP contribution < -0.4 is 10.2 Å². The number of hydrazine groups is 1. The predicted molar refractivity (Wildman–Crippen MR) is 105 cm³/mol. The van der Waals surface area contributed by atoms with Crippen LogP contribution in [0, 0.1) is 10.1 Å². The molecule has 138 valence electrons. The summed E-state index contributed by atoms with van der Waals surface area (Å²) in [5.41, 5.74) is 7.57. The molecule has 0 amide bonds. The van der Waals surface area contributed by atoms with Gasteiger partial charge in [0.05, 0.1) is 16.7 Å². The molecule has 0 fully saturated rings. The van der Waals surface area contributed by atoms with Gasteiger partial charge in [0, 0.05) is 23.3 Å². The van der Waals surface area contributed by atoms with E-state index < -0.39 is 11.2 Å². The number of rotatable bonds is 3. The van der Waals surface area contributed by atoms with E-state index in [2.05, 4.69) is 29.7 Å². The van der Waals surface area contributed by atoms with E-state index in [0.717, 1.165) is 28.1 Å². The van der Waals surface area contributed by atoms with Crippen LogP contribution in [-0.4, -0.2) is 9.93 Å². The summed E-state index contributed by atoms with van der Waals surface area (Å²) in [6, 6.07) is 24.6. The fourth-order valence-corrected chi connectivity index (χ4v) is 3.71. The number of fused-ring (bicyclic) bond motifs is 3. The van der Waals surface area contributed by atoms with E-state index in [1.165, 1.54) is 12.1 Å². The Morgan fingerprint density at radius 3 is 2.39 bits per heavy atom. The first-order valence-corrected chi connectivity index (χ1v) is 9.03. The lowest BCUT2D eigenvalue weighted by Crippen LogP contribution is -2.43. The molecule has 6 nitrogen and oxygen atoms in total. The van der Waals surface area contributed by atoms with Gasteiger partial charge in [-0.2, -0.15) is 5.01 Å². The van der Waals surface area contributed by atoms with E-state index in [1.54, 1.807) is 12.1 Å². The second-order valence-electron chi connectivity index (χ2n) is 6.77. The van der Waals surface area contributed by atoms with E-state index in [1.807, 2.05) is 41.4 Å². The highest BCUT2D eigenvalue weighted by atomic mass is 16.6. The van der Waals surface area contributed by atoms with Gasteiger partial charge < -0.3 is 10.2 Å². The number of para-hydroxylation sites is 1. The molecule has 0 radical (unpaired) electrons. The summed E-state index contributed by atoms with van der Waals surface area (Å²) >= 11 is 0. The summed E-state index contributed by atoms with van der Waals surface area (Å²) in [6.45, 7) is 0. The average Bonchev–Trinajstić information content (AvgIpc) is 3.20. The van der Waals surface area contributed by atoms with Crippen molar-refractivity contribution in [3.05, 3.63) is 112 Å². The quantitative estimate of drug-likeness (QED) is 0.539. The molecule has 0 spiro atoms. The molecule has 2 heterocycles. The Morgan fingerprint density at radius 1 is 0.929 bits per heavy atom. The standard InChI is InChI=1S/C22H17N3O3/c26-25(27)17-12-10-16(11-13-17)22-24-20(18-8-4-5-9-21(18)28-22)14-19(23-24)15-6-2-1-3-7-15/h1-14,20,22-23H/t20-,22+/m0/s1. The van der Waals surface area contributed by atoms with Crippen molar-refractivity contribution in [2.45, 2.75) is 12.3 Å². The van der Waals surface area contributed by atoms with Crippen molar-refractivity contribution in [1.82, 2.24) is 10.4 Å². The third-order valence-corrected chi connectivity index (χ3v) is 5.08. The van der Waals surface area contributed by atoms with Gasteiger partial charge in [-0.3, -0.25) is 10.1 Å². The Labute approximate surface area is 161 Å². The van der Waals surface area contributed by atoms with Gasteiger partial charge in [-0.1, -0.05) is 48.5 Å². The lowest BCUT2D eigenvalue weighted by Gasteiger charge is -2.38. The summed E-state index contributed by atoms with van der Waals surface area (Å²) in [4.78, 5) is 10.6. The van der Waals surface area contributed by atoms with Crippen LogP contribution in [0.5, 0.6) is 5.75 Å². The van der Waals surface area contributed by atoms with Crippen molar-refractivity contribution < 1.29 is 9.66 Å². The number of nitrogens with one attached hydrogen (secondary N) is 1. The predicted octanol–water partition coefficient (Wildman–Crippen LogP) is 4.59. The SMILES string of the molecule is O=[N+]([O-])c1ccc([C@H]2Oc3ccccc3[C@@H]3C=C(c4ccccc4)NN23)cc1. The molecule has 0 saturated heterocycles. The molecular weight excluding hydrogens is 354 g/mol. The summed E-state index contributed by atoms with van der Waals surface area (Å²) in [5.74, 6) is 0.819. The molecule has 1 N–H and O–H groups in total. The number of hydrogen-bond acceptors (Lipinski definition) is 5. The molecule has 2 atom stereocenters. The van der Waals surface area contributed by atoms with Gasteiger partial charge in [-0.25, -0.2) is 0 Å². The molecule has 0 unspecified atom stereocenters. The fourth-order valence-electron chi connectivity index (χ4n) is 3.71. The van der Waals surface area contributed by atoms with Crippen molar-refractivity contribution in [3.8, 4) is 5.75 Å². The lowest BCUT2D eigenvalue weighted by atomic mass is 10.0. The number of hydrogen-bond donors (Lipinski definition) is 1. The molecule has 2 aliphatic rings. The van der Waals surface area contributed by atoms with Crippen LogP contribution in [0.25, 0.3) is 5.70 Å². The first kappa shape index (κ1) is 16.5. The van der Waals surface area contributed by atoms with Crippen molar-refractivity contribution in [2.24, 2.45) is 0 Å². The molecule has 0 bridgehead atoms. The summed E-state index contributed by atoms with van der Waals surface area (Å²) in [7, 11) is 0. The minimum Gasteiger partial charge on any atom is -0.469 e. The molecular formula is C22H17N3O3. The molecule has 0 aromatic heterocycles. The van der Waals surface area contributed by atoms with Crippen LogP contribution in [0.3, 0.4) is 0 Å². The Morgan fingerprint density at radius 2 is 1.64 bits per heavy atom. The first-order valence-electron chi connectivity index (χ1n) is 9.03. The van der Waals surface area contributed by atoms with E-state index >= 15 is 0 Å². The Balaban J connectivity index is 1.55. The van der Waals surface area contributed by atoms with Crippen molar-refractivity contribution in [3.63, 3.8) is 0 Å². The Hall–Kier alpha value is -3.64. The highest BCUT2D eigenvalue weighted by Crippen LogP contribution is 2.45. The van der Waals surface area contributed by atoms with Gasteiger partial charge in [-0.05, 0) is 29.8 Å². The highest BCUT2D eigenvalue weighted by molar-refractivity contribution is 5.67. The van der Waals surface area contributed by atoms with Crippen molar-refractivity contribution in [1.29, 1.82) is 0 Å². The van der Waals surface area contributed by atoms with Gasteiger partial charge in [-0.15, -0.1) is 0 Å². The largest absolute Gasteiger partial charge is 0.469 e. The zero-order valence-electron chi connectivity index (χ0n) is 14.9. The van der Waals surface area contributed by atoms with Crippen LogP contribution in [0.4, 0.5) is 5.69 Å². The molecule has 5 rings (SSSR count). The number of non-ortho nitro benzene ring substituents is 1. The minimum atomic E-state index is -0.404.